The Hall–Kier alpha value is -2.61. The van der Waals surface area contributed by atoms with Crippen molar-refractivity contribution >= 4 is 28.2 Å². The van der Waals surface area contributed by atoms with E-state index in [4.69, 9.17) is 9.47 Å². The second-order valence-corrected chi connectivity index (χ2v) is 5.92. The van der Waals surface area contributed by atoms with Gasteiger partial charge in [0.15, 0.2) is 0 Å². The summed E-state index contributed by atoms with van der Waals surface area (Å²) < 4.78 is 48.4. The summed E-state index contributed by atoms with van der Waals surface area (Å²) in [6.07, 6.45) is -4.50. The molecule has 8 heteroatoms. The smallest absolute Gasteiger partial charge is 0.471 e. The number of rotatable bonds is 8. The minimum atomic E-state index is -5.04. The monoisotopic (exact) mass is 383 g/mol. The molecule has 5 nitrogen and oxygen atoms in total. The van der Waals surface area contributed by atoms with E-state index in [1.807, 2.05) is 5.32 Å². The van der Waals surface area contributed by atoms with Crippen LogP contribution in [0.3, 0.4) is 0 Å². The lowest BCUT2D eigenvalue weighted by atomic mass is 9.97. The molecule has 1 amide bonds. The van der Waals surface area contributed by atoms with Crippen molar-refractivity contribution in [1.29, 1.82) is 0 Å². The van der Waals surface area contributed by atoms with Crippen molar-refractivity contribution in [2.24, 2.45) is 0 Å². The van der Waals surface area contributed by atoms with Gasteiger partial charge in [-0.1, -0.05) is 24.3 Å². The lowest BCUT2D eigenvalue weighted by Gasteiger charge is -2.18. The molecule has 2 aromatic carbocycles. The molecule has 2 aromatic rings. The molecule has 2 rings (SSSR count). The first-order chi connectivity index (χ1) is 12.8. The van der Waals surface area contributed by atoms with Gasteiger partial charge in [0.2, 0.25) is 0 Å². The van der Waals surface area contributed by atoms with Crippen LogP contribution in [0.5, 0.6) is 5.75 Å². The topological polar surface area (TPSA) is 64.6 Å². The number of anilines is 1. The molecule has 0 aliphatic carbocycles. The maximum atomic E-state index is 12.7. The first kappa shape index (κ1) is 20.7. The van der Waals surface area contributed by atoms with E-state index >= 15 is 0 Å². The van der Waals surface area contributed by atoms with E-state index in [1.54, 1.807) is 24.3 Å². The van der Waals surface area contributed by atoms with Crippen LogP contribution in [-0.2, 0) is 20.7 Å². The first-order valence-electron chi connectivity index (χ1n) is 8.25. The van der Waals surface area contributed by atoms with Gasteiger partial charge in [-0.25, -0.2) is 0 Å². The number of hydrogen-bond donors (Lipinski definition) is 1. The van der Waals surface area contributed by atoms with E-state index in [0.717, 1.165) is 0 Å². The van der Waals surface area contributed by atoms with E-state index in [0.29, 0.717) is 23.8 Å². The SMILES string of the molecule is COCCCC(=O)Cc1c(NC(=O)C(F)(F)F)cc2ccccc2c1OC. The quantitative estimate of drug-likeness (QED) is 0.703. The Morgan fingerprint density at radius 3 is 2.48 bits per heavy atom. The van der Waals surface area contributed by atoms with Crippen LogP contribution in [0.15, 0.2) is 30.3 Å². The van der Waals surface area contributed by atoms with Gasteiger partial charge in [-0.3, -0.25) is 9.59 Å². The van der Waals surface area contributed by atoms with E-state index in [1.165, 1.54) is 20.3 Å². The van der Waals surface area contributed by atoms with Crippen molar-refractivity contribution in [3.63, 3.8) is 0 Å². The molecule has 0 aliphatic heterocycles. The number of amides is 1. The Morgan fingerprint density at radius 2 is 1.85 bits per heavy atom. The van der Waals surface area contributed by atoms with Gasteiger partial charge in [0, 0.05) is 43.2 Å². The molecule has 0 aromatic heterocycles. The average molecular weight is 383 g/mol. The number of hydrogen-bond acceptors (Lipinski definition) is 4. The third kappa shape index (κ3) is 5.19. The van der Waals surface area contributed by atoms with Gasteiger partial charge in [-0.2, -0.15) is 13.2 Å². The van der Waals surface area contributed by atoms with Crippen LogP contribution in [0.4, 0.5) is 18.9 Å². The third-order valence-corrected chi connectivity index (χ3v) is 3.99. The summed E-state index contributed by atoms with van der Waals surface area (Å²) in [6, 6.07) is 8.31. The molecule has 27 heavy (non-hydrogen) atoms. The lowest BCUT2D eigenvalue weighted by Crippen LogP contribution is -2.30. The van der Waals surface area contributed by atoms with Gasteiger partial charge in [-0.05, 0) is 17.9 Å². The highest BCUT2D eigenvalue weighted by Crippen LogP contribution is 2.37. The first-order valence-corrected chi connectivity index (χ1v) is 8.25. The maximum Gasteiger partial charge on any atom is 0.471 e. The number of fused-ring (bicyclic) bond motifs is 1. The third-order valence-electron chi connectivity index (χ3n) is 3.99. The summed E-state index contributed by atoms with van der Waals surface area (Å²) in [5, 5.41) is 3.10. The molecule has 1 N–H and O–H groups in total. The molecule has 146 valence electrons. The van der Waals surface area contributed by atoms with Crippen LogP contribution in [0.25, 0.3) is 10.8 Å². The zero-order valence-corrected chi connectivity index (χ0v) is 15.0. The standard InChI is InChI=1S/C19H20F3NO4/c1-26-9-5-7-13(24)11-15-16(23-18(25)19(20,21)22)10-12-6-3-4-8-14(12)17(15)27-2/h3-4,6,8,10H,5,7,9,11H2,1-2H3,(H,23,25). The summed E-state index contributed by atoms with van der Waals surface area (Å²) in [7, 11) is 2.89. The highest BCUT2D eigenvalue weighted by molar-refractivity contribution is 6.02. The highest BCUT2D eigenvalue weighted by atomic mass is 19.4. The summed E-state index contributed by atoms with van der Waals surface area (Å²) in [6.45, 7) is 0.401. The fourth-order valence-electron chi connectivity index (χ4n) is 2.77. The van der Waals surface area contributed by atoms with Crippen LogP contribution in [0.1, 0.15) is 18.4 Å². The van der Waals surface area contributed by atoms with Crippen molar-refractivity contribution < 1.29 is 32.2 Å². The molecule has 0 saturated carbocycles. The molecule has 0 atom stereocenters. The van der Waals surface area contributed by atoms with Crippen molar-refractivity contribution in [3.05, 3.63) is 35.9 Å². The predicted molar refractivity (Wildman–Crippen MR) is 95.0 cm³/mol. The fraction of sp³-hybridized carbons (Fsp3) is 0.368. The highest BCUT2D eigenvalue weighted by Gasteiger charge is 2.39. The number of alkyl halides is 3. The molecular weight excluding hydrogens is 363 g/mol. The zero-order valence-electron chi connectivity index (χ0n) is 15.0. The number of ether oxygens (including phenoxy) is 2. The number of ketones is 1. The van der Waals surface area contributed by atoms with E-state index in [2.05, 4.69) is 0 Å². The molecule has 0 saturated heterocycles. The number of Topliss-reactive ketones (excluding diaryl/α,β-unsaturated/α-hetero) is 1. The molecule has 0 unspecified atom stereocenters. The van der Waals surface area contributed by atoms with Gasteiger partial charge in [0.05, 0.1) is 7.11 Å². The Balaban J connectivity index is 2.47. The van der Waals surface area contributed by atoms with Crippen LogP contribution >= 0.6 is 0 Å². The number of carbonyl (C=O) groups is 2. The molecule has 0 aliphatic rings. The van der Waals surface area contributed by atoms with Crippen LogP contribution in [0, 0.1) is 0 Å². The molecule has 0 bridgehead atoms. The fourth-order valence-corrected chi connectivity index (χ4v) is 2.77. The second-order valence-electron chi connectivity index (χ2n) is 5.92. The van der Waals surface area contributed by atoms with Crippen LogP contribution in [0.2, 0.25) is 0 Å². The molecule has 0 fully saturated rings. The molecular formula is C19H20F3NO4. The van der Waals surface area contributed by atoms with Gasteiger partial charge in [0.1, 0.15) is 11.5 Å². The Morgan fingerprint density at radius 1 is 1.15 bits per heavy atom. The van der Waals surface area contributed by atoms with Crippen molar-refractivity contribution in [3.8, 4) is 5.75 Å². The summed E-state index contributed by atoms with van der Waals surface area (Å²) in [4.78, 5) is 23.7. The maximum absolute atomic E-state index is 12.7. The number of benzene rings is 2. The van der Waals surface area contributed by atoms with E-state index < -0.39 is 12.1 Å². The van der Waals surface area contributed by atoms with Crippen molar-refractivity contribution in [2.45, 2.75) is 25.4 Å². The lowest BCUT2D eigenvalue weighted by molar-refractivity contribution is -0.167. The Kier molecular flexibility index (Phi) is 6.79. The number of halogens is 3. The van der Waals surface area contributed by atoms with Gasteiger partial charge in [-0.15, -0.1) is 0 Å². The Labute approximate surface area is 154 Å². The van der Waals surface area contributed by atoms with Crippen LogP contribution < -0.4 is 10.1 Å². The number of nitrogens with one attached hydrogen (secondary N) is 1. The minimum Gasteiger partial charge on any atom is -0.496 e. The van der Waals surface area contributed by atoms with E-state index in [9.17, 15) is 22.8 Å². The normalized spacial score (nSPS) is 11.4. The second kappa shape index (κ2) is 8.85. The largest absolute Gasteiger partial charge is 0.496 e. The van der Waals surface area contributed by atoms with Crippen LogP contribution in [-0.4, -0.2) is 38.7 Å². The average Bonchev–Trinajstić information content (AvgIpc) is 2.61. The summed E-state index contributed by atoms with van der Waals surface area (Å²) in [5.41, 5.74) is 0.129. The minimum absolute atomic E-state index is 0.0898. The van der Waals surface area contributed by atoms with E-state index in [-0.39, 0.29) is 35.6 Å². The van der Waals surface area contributed by atoms with Gasteiger partial charge in [0.25, 0.3) is 0 Å². The molecule has 0 heterocycles. The molecule has 0 radical (unpaired) electrons. The van der Waals surface area contributed by atoms with Gasteiger partial charge < -0.3 is 14.8 Å². The zero-order chi connectivity index (χ0) is 20.0. The van der Waals surface area contributed by atoms with Gasteiger partial charge >= 0.3 is 12.1 Å². The number of carbonyl (C=O) groups excluding carboxylic acids is 2. The summed E-state index contributed by atoms with van der Waals surface area (Å²) >= 11 is 0. The van der Waals surface area contributed by atoms with Crippen molar-refractivity contribution in [1.82, 2.24) is 0 Å². The predicted octanol–water partition coefficient (Wildman–Crippen LogP) is 3.89. The summed E-state index contributed by atoms with van der Waals surface area (Å²) in [5.74, 6) is -2.03. The van der Waals surface area contributed by atoms with Crippen molar-refractivity contribution in [2.75, 3.05) is 26.1 Å². The molecule has 0 spiro atoms. The number of methoxy groups -OCH3 is 2. The Bertz CT molecular complexity index is 834.